The zero-order valence-electron chi connectivity index (χ0n) is 11.3. The summed E-state index contributed by atoms with van der Waals surface area (Å²) in [6.07, 6.45) is 9.22. The van der Waals surface area contributed by atoms with Crippen molar-refractivity contribution in [3.05, 3.63) is 22.4 Å². The van der Waals surface area contributed by atoms with Gasteiger partial charge in [-0.1, -0.05) is 32.6 Å². The summed E-state index contributed by atoms with van der Waals surface area (Å²) in [5, 5.41) is 4.29. The number of ether oxygens (including phenoxy) is 1. The monoisotopic (exact) mass is 267 g/mol. The summed E-state index contributed by atoms with van der Waals surface area (Å²) in [5.41, 5.74) is 7.51. The van der Waals surface area contributed by atoms with Crippen LogP contribution in [0.1, 0.15) is 63.5 Å². The Morgan fingerprint density at radius 2 is 2.06 bits per heavy atom. The molecule has 0 aliphatic heterocycles. The van der Waals surface area contributed by atoms with Crippen LogP contribution >= 0.6 is 11.3 Å². The van der Waals surface area contributed by atoms with Gasteiger partial charge in [0.15, 0.2) is 0 Å². The number of rotatable bonds is 5. The van der Waals surface area contributed by atoms with Crippen molar-refractivity contribution >= 4 is 11.3 Å². The molecule has 102 valence electrons. The van der Waals surface area contributed by atoms with E-state index in [1.54, 1.807) is 11.3 Å². The number of nitrogens with two attached hydrogens (primary N) is 1. The summed E-state index contributed by atoms with van der Waals surface area (Å²) in [6.45, 7) is 2.14. The van der Waals surface area contributed by atoms with Crippen LogP contribution < -0.4 is 5.73 Å². The second kappa shape index (κ2) is 7.27. The summed E-state index contributed by atoms with van der Waals surface area (Å²) in [6, 6.07) is 2.27. The van der Waals surface area contributed by atoms with Crippen molar-refractivity contribution in [1.29, 1.82) is 0 Å². The Balaban J connectivity index is 2.00. The second-order valence-electron chi connectivity index (χ2n) is 5.30. The second-order valence-corrected chi connectivity index (χ2v) is 6.08. The molecular formula is C15H25NOS. The summed E-state index contributed by atoms with van der Waals surface area (Å²) < 4.78 is 6.35. The molecule has 0 radical (unpaired) electrons. The summed E-state index contributed by atoms with van der Waals surface area (Å²) in [5.74, 6) is 0. The van der Waals surface area contributed by atoms with Gasteiger partial charge in [0.1, 0.15) is 0 Å². The van der Waals surface area contributed by atoms with Crippen molar-refractivity contribution in [2.24, 2.45) is 5.73 Å². The number of hydrogen-bond acceptors (Lipinski definition) is 3. The van der Waals surface area contributed by atoms with Crippen molar-refractivity contribution in [2.45, 2.75) is 70.1 Å². The highest BCUT2D eigenvalue weighted by molar-refractivity contribution is 7.07. The van der Waals surface area contributed by atoms with Gasteiger partial charge in [0, 0.05) is 6.04 Å². The van der Waals surface area contributed by atoms with Crippen LogP contribution in [-0.4, -0.2) is 12.1 Å². The molecule has 0 saturated heterocycles. The molecule has 2 atom stereocenters. The van der Waals surface area contributed by atoms with E-state index in [1.165, 1.54) is 44.1 Å². The molecule has 1 aliphatic carbocycles. The third-order valence-electron chi connectivity index (χ3n) is 3.87. The van der Waals surface area contributed by atoms with Gasteiger partial charge in [-0.05, 0) is 41.7 Å². The first-order chi connectivity index (χ1) is 8.81. The molecule has 0 aromatic carbocycles. The average Bonchev–Trinajstić information content (AvgIpc) is 2.79. The minimum Gasteiger partial charge on any atom is -0.369 e. The highest BCUT2D eigenvalue weighted by Gasteiger charge is 2.24. The predicted molar refractivity (Wildman–Crippen MR) is 77.9 cm³/mol. The van der Waals surface area contributed by atoms with Gasteiger partial charge in [-0.15, -0.1) is 0 Å². The van der Waals surface area contributed by atoms with Crippen molar-refractivity contribution in [2.75, 3.05) is 0 Å². The Hall–Kier alpha value is -0.380. The zero-order valence-corrected chi connectivity index (χ0v) is 12.1. The minimum absolute atomic E-state index is 0.0874. The molecule has 1 saturated carbocycles. The third kappa shape index (κ3) is 3.81. The molecule has 1 aliphatic rings. The van der Waals surface area contributed by atoms with Gasteiger partial charge < -0.3 is 10.5 Å². The maximum absolute atomic E-state index is 6.35. The number of hydrogen-bond donors (Lipinski definition) is 1. The maximum atomic E-state index is 6.35. The molecule has 1 fully saturated rings. The van der Waals surface area contributed by atoms with Gasteiger partial charge in [-0.2, -0.15) is 11.3 Å². The minimum atomic E-state index is 0.0874. The van der Waals surface area contributed by atoms with E-state index in [1.807, 2.05) is 0 Å². The highest BCUT2D eigenvalue weighted by Crippen LogP contribution is 2.30. The van der Waals surface area contributed by atoms with E-state index in [0.717, 1.165) is 6.42 Å². The van der Waals surface area contributed by atoms with Gasteiger partial charge in [0.25, 0.3) is 0 Å². The van der Waals surface area contributed by atoms with Crippen LogP contribution in [0.2, 0.25) is 0 Å². The molecule has 2 N–H and O–H groups in total. The molecule has 0 amide bonds. The fourth-order valence-corrected chi connectivity index (χ4v) is 3.35. The quantitative estimate of drug-likeness (QED) is 0.809. The smallest absolute Gasteiger partial charge is 0.0987 e. The molecule has 2 nitrogen and oxygen atoms in total. The molecule has 2 unspecified atom stereocenters. The SMILES string of the molecule is CCC(N)C(OC1CCCCCC1)c1ccsc1. The highest BCUT2D eigenvalue weighted by atomic mass is 32.1. The van der Waals surface area contributed by atoms with Crippen molar-refractivity contribution in [1.82, 2.24) is 0 Å². The molecule has 0 spiro atoms. The van der Waals surface area contributed by atoms with Gasteiger partial charge in [0.2, 0.25) is 0 Å². The first-order valence-electron chi connectivity index (χ1n) is 7.24. The lowest BCUT2D eigenvalue weighted by Gasteiger charge is -2.27. The van der Waals surface area contributed by atoms with E-state index in [-0.39, 0.29) is 12.1 Å². The number of thiophene rings is 1. The van der Waals surface area contributed by atoms with E-state index in [4.69, 9.17) is 10.5 Å². The van der Waals surface area contributed by atoms with E-state index < -0.39 is 0 Å². The van der Waals surface area contributed by atoms with Crippen LogP contribution in [0.25, 0.3) is 0 Å². The van der Waals surface area contributed by atoms with Gasteiger partial charge >= 0.3 is 0 Å². The first kappa shape index (κ1) is 14.0. The fourth-order valence-electron chi connectivity index (χ4n) is 2.66. The standard InChI is InChI=1S/C15H25NOS/c1-2-14(16)15(12-9-10-18-11-12)17-13-7-5-3-4-6-8-13/h9-11,13-15H,2-8,16H2,1H3. The van der Waals surface area contributed by atoms with Crippen LogP contribution in [0.5, 0.6) is 0 Å². The van der Waals surface area contributed by atoms with Crippen LogP contribution in [0.3, 0.4) is 0 Å². The third-order valence-corrected chi connectivity index (χ3v) is 4.57. The van der Waals surface area contributed by atoms with E-state index in [9.17, 15) is 0 Å². The lowest BCUT2D eigenvalue weighted by atomic mass is 10.0. The van der Waals surface area contributed by atoms with Crippen LogP contribution in [0.15, 0.2) is 16.8 Å². The van der Waals surface area contributed by atoms with Crippen LogP contribution in [0, 0.1) is 0 Å². The largest absolute Gasteiger partial charge is 0.369 e. The van der Waals surface area contributed by atoms with Crippen molar-refractivity contribution < 1.29 is 4.74 Å². The molecule has 1 heterocycles. The van der Waals surface area contributed by atoms with E-state index in [0.29, 0.717) is 6.10 Å². The van der Waals surface area contributed by atoms with Gasteiger partial charge in [-0.25, -0.2) is 0 Å². The van der Waals surface area contributed by atoms with Crippen LogP contribution in [-0.2, 0) is 4.74 Å². The Bertz CT molecular complexity index is 317. The molecule has 1 aromatic heterocycles. The Labute approximate surface area is 115 Å². The Morgan fingerprint density at radius 3 is 2.61 bits per heavy atom. The first-order valence-corrected chi connectivity index (χ1v) is 8.18. The Kier molecular flexibility index (Phi) is 5.67. The summed E-state index contributed by atoms with van der Waals surface area (Å²) in [7, 11) is 0. The molecular weight excluding hydrogens is 242 g/mol. The Morgan fingerprint density at radius 1 is 1.33 bits per heavy atom. The van der Waals surface area contributed by atoms with Crippen molar-refractivity contribution in [3.63, 3.8) is 0 Å². The van der Waals surface area contributed by atoms with Gasteiger partial charge in [-0.3, -0.25) is 0 Å². The normalized spacial score (nSPS) is 21.4. The molecule has 1 aromatic rings. The molecule has 0 bridgehead atoms. The lowest BCUT2D eigenvalue weighted by molar-refractivity contribution is -0.0339. The predicted octanol–water partition coefficient (Wildman–Crippen LogP) is 4.27. The average molecular weight is 267 g/mol. The molecule has 18 heavy (non-hydrogen) atoms. The van der Waals surface area contributed by atoms with E-state index >= 15 is 0 Å². The fraction of sp³-hybridized carbons (Fsp3) is 0.733. The van der Waals surface area contributed by atoms with Crippen molar-refractivity contribution in [3.8, 4) is 0 Å². The molecule has 3 heteroatoms. The topological polar surface area (TPSA) is 35.2 Å². The van der Waals surface area contributed by atoms with Gasteiger partial charge in [0.05, 0.1) is 12.2 Å². The zero-order chi connectivity index (χ0) is 12.8. The maximum Gasteiger partial charge on any atom is 0.0987 e. The lowest BCUT2D eigenvalue weighted by Crippen LogP contribution is -2.32. The summed E-state index contributed by atoms with van der Waals surface area (Å²) >= 11 is 1.73. The van der Waals surface area contributed by atoms with Crippen LogP contribution in [0.4, 0.5) is 0 Å². The summed E-state index contributed by atoms with van der Waals surface area (Å²) in [4.78, 5) is 0. The molecule has 2 rings (SSSR count). The van der Waals surface area contributed by atoms with E-state index in [2.05, 4.69) is 23.8 Å².